The lowest BCUT2D eigenvalue weighted by molar-refractivity contribution is -0.117. The van der Waals surface area contributed by atoms with Gasteiger partial charge in [-0.05, 0) is 60.7 Å². The van der Waals surface area contributed by atoms with E-state index < -0.39 is 0 Å². The number of anilines is 3. The molecule has 1 saturated heterocycles. The third-order valence-electron chi connectivity index (χ3n) is 5.51. The molecule has 152 valence electrons. The van der Waals surface area contributed by atoms with Gasteiger partial charge in [0.1, 0.15) is 0 Å². The number of pyridine rings is 1. The van der Waals surface area contributed by atoms with Crippen LogP contribution in [0, 0.1) is 5.92 Å². The average Bonchev–Trinajstić information content (AvgIpc) is 3.15. The average molecular weight is 399 g/mol. The zero-order chi connectivity index (χ0) is 20.9. The number of nitrogens with two attached hydrogens (primary N) is 1. The van der Waals surface area contributed by atoms with Crippen molar-refractivity contribution in [2.24, 2.45) is 5.92 Å². The van der Waals surface area contributed by atoms with Gasteiger partial charge in [0.25, 0.3) is 0 Å². The fraction of sp³-hybridized carbons (Fsp3) is 0.200. The molecule has 1 atom stereocenters. The van der Waals surface area contributed by atoms with Crippen LogP contribution in [-0.4, -0.2) is 17.4 Å². The maximum Gasteiger partial charge on any atom is 0.227 e. The van der Waals surface area contributed by atoms with Gasteiger partial charge in [-0.3, -0.25) is 9.78 Å². The number of nitrogens with one attached hydrogen (secondary N) is 1. The number of carbonyl (C=O) groups excluding carboxylic acids is 1. The molecule has 0 saturated carbocycles. The maximum absolute atomic E-state index is 12.6. The smallest absolute Gasteiger partial charge is 0.227 e. The van der Waals surface area contributed by atoms with E-state index in [4.69, 9.17) is 5.73 Å². The normalized spacial score (nSPS) is 15.9. The lowest BCUT2D eigenvalue weighted by Gasteiger charge is -2.18. The van der Waals surface area contributed by atoms with Crippen molar-refractivity contribution in [2.45, 2.75) is 19.3 Å². The Bertz CT molecular complexity index is 1030. The zero-order valence-corrected chi connectivity index (χ0v) is 16.9. The first-order valence-electron chi connectivity index (χ1n) is 10.2. The van der Waals surface area contributed by atoms with Gasteiger partial charge >= 0.3 is 0 Å². The minimum atomic E-state index is 0.183. The van der Waals surface area contributed by atoms with Crippen LogP contribution in [0.25, 0.3) is 5.70 Å². The van der Waals surface area contributed by atoms with Crippen LogP contribution in [0.5, 0.6) is 0 Å². The summed E-state index contributed by atoms with van der Waals surface area (Å²) in [6, 6.07) is 21.5. The highest BCUT2D eigenvalue weighted by atomic mass is 16.2. The van der Waals surface area contributed by atoms with E-state index >= 15 is 0 Å². The zero-order valence-electron chi connectivity index (χ0n) is 16.9. The molecule has 1 aromatic heterocycles. The first kappa shape index (κ1) is 19.7. The Kier molecular flexibility index (Phi) is 5.80. The number of para-hydroxylation sites is 2. The summed E-state index contributed by atoms with van der Waals surface area (Å²) in [7, 11) is 0. The molecule has 1 fully saturated rings. The number of nitrogen functional groups attached to an aromatic ring is 1. The molecule has 1 amide bonds. The lowest BCUT2D eigenvalue weighted by Crippen LogP contribution is -2.24. The van der Waals surface area contributed by atoms with Gasteiger partial charge in [-0.1, -0.05) is 36.9 Å². The summed E-state index contributed by atoms with van der Waals surface area (Å²) in [5, 5.41) is 3.26. The number of hydrogen-bond donors (Lipinski definition) is 2. The molecule has 3 N–H and O–H groups in total. The Balaban J connectivity index is 1.37. The SMILES string of the molecule is C=C(Nc1ccccc1N)c1ccc(N2CC(CCc3ccccn3)CC2=O)cc1. The summed E-state index contributed by atoms with van der Waals surface area (Å²) in [6.07, 6.45) is 4.28. The summed E-state index contributed by atoms with van der Waals surface area (Å²) in [6.45, 7) is 4.87. The molecule has 30 heavy (non-hydrogen) atoms. The van der Waals surface area contributed by atoms with Gasteiger partial charge in [-0.15, -0.1) is 0 Å². The Labute approximate surface area is 177 Å². The number of rotatable bonds is 7. The van der Waals surface area contributed by atoms with Crippen LogP contribution in [0.15, 0.2) is 79.5 Å². The van der Waals surface area contributed by atoms with Crippen molar-refractivity contribution >= 4 is 28.7 Å². The van der Waals surface area contributed by atoms with Crippen LogP contribution in [0.1, 0.15) is 24.1 Å². The third-order valence-corrected chi connectivity index (χ3v) is 5.51. The van der Waals surface area contributed by atoms with E-state index in [2.05, 4.69) is 16.9 Å². The number of aryl methyl sites for hydroxylation is 1. The summed E-state index contributed by atoms with van der Waals surface area (Å²) in [4.78, 5) is 18.8. The highest BCUT2D eigenvalue weighted by Crippen LogP contribution is 2.29. The standard InChI is InChI=1S/C25H26N4O/c1-18(28-24-8-3-2-7-23(24)26)20-10-13-22(14-11-20)29-17-19(16-25(29)30)9-12-21-6-4-5-15-27-21/h2-8,10-11,13-15,19,28H,1,9,12,16-17,26H2. The largest absolute Gasteiger partial charge is 0.397 e. The van der Waals surface area contributed by atoms with E-state index in [0.717, 1.165) is 47.7 Å². The van der Waals surface area contributed by atoms with Gasteiger partial charge in [0.2, 0.25) is 5.91 Å². The van der Waals surface area contributed by atoms with E-state index in [0.29, 0.717) is 18.0 Å². The second kappa shape index (κ2) is 8.82. The molecule has 0 spiro atoms. The molecule has 2 heterocycles. The molecule has 0 aliphatic carbocycles. The quantitative estimate of drug-likeness (QED) is 0.564. The molecular formula is C25H26N4O. The molecule has 1 aliphatic rings. The van der Waals surface area contributed by atoms with Gasteiger partial charge in [0.15, 0.2) is 0 Å². The molecule has 1 unspecified atom stereocenters. The number of amides is 1. The predicted octanol–water partition coefficient (Wildman–Crippen LogP) is 4.73. The van der Waals surface area contributed by atoms with Crippen LogP contribution >= 0.6 is 0 Å². The molecular weight excluding hydrogens is 372 g/mol. The summed E-state index contributed by atoms with van der Waals surface area (Å²) in [5.41, 5.74) is 11.2. The minimum absolute atomic E-state index is 0.183. The van der Waals surface area contributed by atoms with Gasteiger partial charge in [-0.2, -0.15) is 0 Å². The molecule has 0 radical (unpaired) electrons. The van der Waals surface area contributed by atoms with Crippen molar-refractivity contribution in [1.82, 2.24) is 4.98 Å². The second-order valence-electron chi connectivity index (χ2n) is 7.67. The van der Waals surface area contributed by atoms with Crippen LogP contribution in [0.4, 0.5) is 17.1 Å². The molecule has 0 bridgehead atoms. The van der Waals surface area contributed by atoms with E-state index in [1.54, 1.807) is 0 Å². The number of benzene rings is 2. The fourth-order valence-corrected chi connectivity index (χ4v) is 3.81. The fourth-order valence-electron chi connectivity index (χ4n) is 3.81. The minimum Gasteiger partial charge on any atom is -0.397 e. The Morgan fingerprint density at radius 1 is 1.10 bits per heavy atom. The number of carbonyl (C=O) groups is 1. The maximum atomic E-state index is 12.6. The van der Waals surface area contributed by atoms with Gasteiger partial charge in [0.05, 0.1) is 11.4 Å². The molecule has 5 heteroatoms. The van der Waals surface area contributed by atoms with E-state index in [1.165, 1.54) is 0 Å². The Hall–Kier alpha value is -3.60. The van der Waals surface area contributed by atoms with Gasteiger partial charge < -0.3 is 16.0 Å². The summed E-state index contributed by atoms with van der Waals surface area (Å²) >= 11 is 0. The van der Waals surface area contributed by atoms with Crippen molar-refractivity contribution in [3.63, 3.8) is 0 Å². The van der Waals surface area contributed by atoms with Crippen LogP contribution < -0.4 is 16.0 Å². The van der Waals surface area contributed by atoms with Crippen molar-refractivity contribution in [2.75, 3.05) is 22.5 Å². The van der Waals surface area contributed by atoms with Crippen LogP contribution in [-0.2, 0) is 11.2 Å². The highest BCUT2D eigenvalue weighted by molar-refractivity contribution is 5.96. The molecule has 2 aromatic carbocycles. The number of nitrogens with zero attached hydrogens (tertiary/aromatic N) is 2. The molecule has 5 nitrogen and oxygen atoms in total. The monoisotopic (exact) mass is 398 g/mol. The van der Waals surface area contributed by atoms with E-state index in [-0.39, 0.29) is 5.91 Å². The Morgan fingerprint density at radius 2 is 1.87 bits per heavy atom. The second-order valence-corrected chi connectivity index (χ2v) is 7.67. The van der Waals surface area contributed by atoms with E-state index in [1.807, 2.05) is 77.8 Å². The number of aromatic nitrogens is 1. The van der Waals surface area contributed by atoms with Gasteiger partial charge in [0, 0.05) is 36.2 Å². The van der Waals surface area contributed by atoms with E-state index in [9.17, 15) is 4.79 Å². The van der Waals surface area contributed by atoms with Gasteiger partial charge in [-0.25, -0.2) is 0 Å². The first-order valence-corrected chi connectivity index (χ1v) is 10.2. The summed E-state index contributed by atoms with van der Waals surface area (Å²) < 4.78 is 0. The van der Waals surface area contributed by atoms with Crippen molar-refractivity contribution in [3.8, 4) is 0 Å². The van der Waals surface area contributed by atoms with Crippen molar-refractivity contribution in [3.05, 3.63) is 90.8 Å². The van der Waals surface area contributed by atoms with Crippen LogP contribution in [0.3, 0.4) is 0 Å². The predicted molar refractivity (Wildman–Crippen MR) is 123 cm³/mol. The lowest BCUT2D eigenvalue weighted by atomic mass is 10.0. The highest BCUT2D eigenvalue weighted by Gasteiger charge is 2.30. The molecule has 1 aliphatic heterocycles. The molecule has 4 rings (SSSR count). The summed E-state index contributed by atoms with van der Waals surface area (Å²) in [5.74, 6) is 0.541. The third kappa shape index (κ3) is 4.51. The van der Waals surface area contributed by atoms with Crippen LogP contribution in [0.2, 0.25) is 0 Å². The Morgan fingerprint density at radius 3 is 2.60 bits per heavy atom. The van der Waals surface area contributed by atoms with Crippen molar-refractivity contribution < 1.29 is 4.79 Å². The molecule has 3 aromatic rings. The first-order chi connectivity index (χ1) is 14.6. The topological polar surface area (TPSA) is 71.2 Å². The van der Waals surface area contributed by atoms with Crippen molar-refractivity contribution in [1.29, 1.82) is 0 Å². The number of hydrogen-bond acceptors (Lipinski definition) is 4.